The van der Waals surface area contributed by atoms with E-state index in [9.17, 15) is 4.79 Å². The van der Waals surface area contributed by atoms with Crippen molar-refractivity contribution in [2.75, 3.05) is 26.6 Å². The molecule has 0 atom stereocenters. The molecule has 0 aliphatic heterocycles. The van der Waals surface area contributed by atoms with Crippen molar-refractivity contribution >= 4 is 33.3 Å². The van der Waals surface area contributed by atoms with Gasteiger partial charge in [-0.3, -0.25) is 9.78 Å². The maximum absolute atomic E-state index is 12.8. The minimum Gasteiger partial charge on any atom is -0.493 e. The Labute approximate surface area is 208 Å². The van der Waals surface area contributed by atoms with Crippen molar-refractivity contribution in [3.63, 3.8) is 0 Å². The number of hydrogen-bond acceptors (Lipinski definition) is 6. The van der Waals surface area contributed by atoms with Gasteiger partial charge in [-0.25, -0.2) is 0 Å². The van der Waals surface area contributed by atoms with Crippen molar-refractivity contribution in [3.8, 4) is 28.7 Å². The molecular weight excluding hydrogens is 456 g/mol. The minimum absolute atomic E-state index is 0.185. The topological polar surface area (TPSA) is 78.9 Å². The van der Waals surface area contributed by atoms with Crippen LogP contribution in [0.25, 0.3) is 21.7 Å². The monoisotopic (exact) mass is 480 g/mol. The highest BCUT2D eigenvalue weighted by Crippen LogP contribution is 2.41. The van der Waals surface area contributed by atoms with E-state index in [0.717, 1.165) is 16.2 Å². The van der Waals surface area contributed by atoms with Crippen LogP contribution in [-0.4, -0.2) is 32.2 Å². The van der Waals surface area contributed by atoms with Gasteiger partial charge in [-0.1, -0.05) is 30.3 Å². The van der Waals surface area contributed by atoms with E-state index in [4.69, 9.17) is 18.9 Å². The second kappa shape index (κ2) is 9.84. The summed E-state index contributed by atoms with van der Waals surface area (Å²) in [6.07, 6.45) is 1.67. The zero-order chi connectivity index (χ0) is 25.1. The summed E-state index contributed by atoms with van der Waals surface area (Å²) < 4.78 is 22.9. The summed E-state index contributed by atoms with van der Waals surface area (Å²) in [4.78, 5) is 17.2. The van der Waals surface area contributed by atoms with Crippen LogP contribution < -0.4 is 24.3 Å². The van der Waals surface area contributed by atoms with Crippen molar-refractivity contribution in [1.29, 1.82) is 0 Å². The summed E-state index contributed by atoms with van der Waals surface area (Å²) in [6.45, 7) is 0. The maximum Gasteiger partial charge on any atom is 0.255 e. The molecule has 36 heavy (non-hydrogen) atoms. The molecule has 0 aliphatic carbocycles. The Hall–Kier alpha value is -4.78. The van der Waals surface area contributed by atoms with E-state index in [1.807, 2.05) is 54.6 Å². The number of benzene rings is 4. The van der Waals surface area contributed by atoms with Crippen molar-refractivity contribution in [2.24, 2.45) is 0 Å². The number of anilines is 1. The summed E-state index contributed by atoms with van der Waals surface area (Å²) in [6, 6.07) is 24.0. The maximum atomic E-state index is 12.8. The number of rotatable bonds is 7. The van der Waals surface area contributed by atoms with E-state index in [1.165, 1.54) is 0 Å². The SMILES string of the molecule is COc1cc2nccc(Oc3cc4cccc(NC(=O)c5ccccc5)c4cc3OC)c2cc1OC. The lowest BCUT2D eigenvalue weighted by atomic mass is 10.1. The van der Waals surface area contributed by atoms with Gasteiger partial charge in [-0.2, -0.15) is 0 Å². The van der Waals surface area contributed by atoms with E-state index in [-0.39, 0.29) is 5.91 Å². The van der Waals surface area contributed by atoms with Crippen molar-refractivity contribution in [2.45, 2.75) is 0 Å². The number of carbonyl (C=O) groups excluding carboxylic acids is 1. The Morgan fingerprint density at radius 3 is 2.14 bits per heavy atom. The van der Waals surface area contributed by atoms with Crippen LogP contribution in [0.15, 0.2) is 85.1 Å². The number of carbonyl (C=O) groups is 1. The van der Waals surface area contributed by atoms with Gasteiger partial charge in [0.2, 0.25) is 0 Å². The fraction of sp³-hybridized carbons (Fsp3) is 0.103. The first-order valence-corrected chi connectivity index (χ1v) is 11.3. The molecule has 0 saturated heterocycles. The van der Waals surface area contributed by atoms with Crippen LogP contribution in [-0.2, 0) is 0 Å². The van der Waals surface area contributed by atoms with Crippen LogP contribution in [0.2, 0.25) is 0 Å². The van der Waals surface area contributed by atoms with Gasteiger partial charge in [-0.05, 0) is 47.9 Å². The van der Waals surface area contributed by atoms with Crippen LogP contribution in [0.3, 0.4) is 0 Å². The number of pyridine rings is 1. The van der Waals surface area contributed by atoms with E-state index >= 15 is 0 Å². The van der Waals surface area contributed by atoms with Gasteiger partial charge in [0.15, 0.2) is 23.0 Å². The fourth-order valence-electron chi connectivity index (χ4n) is 4.07. The normalized spacial score (nSPS) is 10.8. The first kappa shape index (κ1) is 23.0. The third kappa shape index (κ3) is 4.34. The molecule has 1 N–H and O–H groups in total. The number of hydrogen-bond donors (Lipinski definition) is 1. The van der Waals surface area contributed by atoms with Gasteiger partial charge in [0.25, 0.3) is 5.91 Å². The zero-order valence-electron chi connectivity index (χ0n) is 20.1. The second-order valence-electron chi connectivity index (χ2n) is 7.99. The average molecular weight is 481 g/mol. The summed E-state index contributed by atoms with van der Waals surface area (Å²) >= 11 is 0. The molecule has 0 radical (unpaired) electrons. The molecule has 4 aromatic carbocycles. The Morgan fingerprint density at radius 1 is 0.694 bits per heavy atom. The molecule has 1 aromatic heterocycles. The zero-order valence-corrected chi connectivity index (χ0v) is 20.1. The Bertz CT molecular complexity index is 1570. The highest BCUT2D eigenvalue weighted by atomic mass is 16.5. The number of aromatic nitrogens is 1. The highest BCUT2D eigenvalue weighted by molar-refractivity contribution is 6.09. The molecule has 5 aromatic rings. The quantitative estimate of drug-likeness (QED) is 0.288. The summed E-state index contributed by atoms with van der Waals surface area (Å²) in [5.74, 6) is 2.62. The van der Waals surface area contributed by atoms with Crippen molar-refractivity contribution < 1.29 is 23.7 Å². The number of amides is 1. The van der Waals surface area contributed by atoms with E-state index in [1.54, 1.807) is 51.8 Å². The van der Waals surface area contributed by atoms with Crippen molar-refractivity contribution in [3.05, 3.63) is 90.6 Å². The molecule has 1 heterocycles. The number of fused-ring (bicyclic) bond motifs is 2. The highest BCUT2D eigenvalue weighted by Gasteiger charge is 2.16. The summed E-state index contributed by atoms with van der Waals surface area (Å²) in [7, 11) is 4.75. The van der Waals surface area contributed by atoms with Crippen LogP contribution in [0.1, 0.15) is 10.4 Å². The first-order chi connectivity index (χ1) is 17.6. The summed E-state index contributed by atoms with van der Waals surface area (Å²) in [5, 5.41) is 5.48. The lowest BCUT2D eigenvalue weighted by molar-refractivity contribution is 0.102. The molecule has 7 heteroatoms. The number of ether oxygens (including phenoxy) is 4. The van der Waals surface area contributed by atoms with Crippen molar-refractivity contribution in [1.82, 2.24) is 4.98 Å². The Balaban J connectivity index is 1.54. The standard InChI is InChI=1S/C29H24N2O5/c1-33-25-16-21-23(17-27(25)35-3)30-13-12-24(21)36-28-14-19-10-7-11-22(20(19)15-26(28)34-2)31-29(32)18-8-5-4-6-9-18/h4-17H,1-3H3,(H,31,32). The van der Waals surface area contributed by atoms with E-state index < -0.39 is 0 Å². The number of methoxy groups -OCH3 is 3. The molecular formula is C29H24N2O5. The molecule has 0 aliphatic rings. The molecule has 180 valence electrons. The second-order valence-corrected chi connectivity index (χ2v) is 7.99. The first-order valence-electron chi connectivity index (χ1n) is 11.3. The predicted octanol–water partition coefficient (Wildman–Crippen LogP) is 6.46. The smallest absolute Gasteiger partial charge is 0.255 e. The molecule has 7 nitrogen and oxygen atoms in total. The van der Waals surface area contributed by atoms with Gasteiger partial charge in [-0.15, -0.1) is 0 Å². The third-order valence-electron chi connectivity index (χ3n) is 5.88. The fourth-order valence-corrected chi connectivity index (χ4v) is 4.07. The van der Waals surface area contributed by atoms with Gasteiger partial charge in [0, 0.05) is 34.3 Å². The lowest BCUT2D eigenvalue weighted by Crippen LogP contribution is -2.11. The van der Waals surface area contributed by atoms with Crippen LogP contribution in [0.5, 0.6) is 28.7 Å². The predicted molar refractivity (Wildman–Crippen MR) is 140 cm³/mol. The van der Waals surface area contributed by atoms with Crippen LogP contribution in [0, 0.1) is 0 Å². The summed E-state index contributed by atoms with van der Waals surface area (Å²) in [5.41, 5.74) is 1.96. The van der Waals surface area contributed by atoms with Crippen LogP contribution >= 0.6 is 0 Å². The average Bonchev–Trinajstić information content (AvgIpc) is 2.92. The molecule has 5 rings (SSSR count). The van der Waals surface area contributed by atoms with E-state index in [2.05, 4.69) is 10.3 Å². The van der Waals surface area contributed by atoms with Gasteiger partial charge >= 0.3 is 0 Å². The minimum atomic E-state index is -0.185. The largest absolute Gasteiger partial charge is 0.493 e. The third-order valence-corrected chi connectivity index (χ3v) is 5.88. The molecule has 0 fully saturated rings. The van der Waals surface area contributed by atoms with Gasteiger partial charge in [0.1, 0.15) is 5.75 Å². The Kier molecular flexibility index (Phi) is 6.28. The number of nitrogens with zero attached hydrogens (tertiary/aromatic N) is 1. The molecule has 1 amide bonds. The lowest BCUT2D eigenvalue weighted by Gasteiger charge is -2.16. The molecule has 0 saturated carbocycles. The Morgan fingerprint density at radius 2 is 1.39 bits per heavy atom. The number of nitrogens with one attached hydrogen (secondary N) is 1. The van der Waals surface area contributed by atoms with Gasteiger partial charge in [0.05, 0.1) is 26.8 Å². The van der Waals surface area contributed by atoms with E-state index in [0.29, 0.717) is 45.5 Å². The van der Waals surface area contributed by atoms with Gasteiger partial charge < -0.3 is 24.3 Å². The molecule has 0 bridgehead atoms. The molecule has 0 spiro atoms. The molecule has 0 unspecified atom stereocenters. The van der Waals surface area contributed by atoms with Crippen LogP contribution in [0.4, 0.5) is 5.69 Å².